The summed E-state index contributed by atoms with van der Waals surface area (Å²) in [6.45, 7) is 4.72. The fraction of sp³-hybridized carbons (Fsp3) is 0.368. The Labute approximate surface area is 182 Å². The quantitative estimate of drug-likeness (QED) is 0.259. The third-order valence-electron chi connectivity index (χ3n) is 5.07. The normalized spacial score (nSPS) is 14.3. The highest BCUT2D eigenvalue weighted by Crippen LogP contribution is 2.26. The van der Waals surface area contributed by atoms with Crippen LogP contribution < -0.4 is 20.8 Å². The van der Waals surface area contributed by atoms with E-state index in [1.807, 2.05) is 6.92 Å². The van der Waals surface area contributed by atoms with Crippen LogP contribution in [-0.4, -0.2) is 62.2 Å². The van der Waals surface area contributed by atoms with Crippen LogP contribution in [0, 0.1) is 0 Å². The molecule has 32 heavy (non-hydrogen) atoms. The highest BCUT2D eigenvalue weighted by Gasteiger charge is 2.28. The molecule has 1 fully saturated rings. The maximum Gasteiger partial charge on any atom is 0.294 e. The number of nitrogen functional groups attached to an aromatic ring is 1. The first-order valence-electron chi connectivity index (χ1n) is 10.2. The van der Waals surface area contributed by atoms with Crippen LogP contribution >= 0.6 is 0 Å². The molecule has 5 N–H and O–H groups in total. The van der Waals surface area contributed by atoms with Gasteiger partial charge in [0, 0.05) is 12.8 Å². The number of hydrogen-bond donors (Lipinski definition) is 4. The van der Waals surface area contributed by atoms with E-state index in [4.69, 9.17) is 10.5 Å². The molecule has 168 valence electrons. The van der Waals surface area contributed by atoms with Gasteiger partial charge in [-0.1, -0.05) is 5.21 Å². The van der Waals surface area contributed by atoms with Crippen molar-refractivity contribution < 1.29 is 24.2 Å². The molecule has 3 aromatic rings. The molecule has 0 saturated carbocycles. The van der Waals surface area contributed by atoms with E-state index in [0.717, 1.165) is 25.9 Å². The zero-order chi connectivity index (χ0) is 22.5. The number of aromatic hydroxyl groups is 1. The molecule has 3 heterocycles. The number of nitrogens with two attached hydrogens (primary N) is 1. The molecule has 1 saturated heterocycles. The molecular weight excluding hydrogens is 418 g/mol. The van der Waals surface area contributed by atoms with Crippen LogP contribution in [0.1, 0.15) is 41.5 Å². The van der Waals surface area contributed by atoms with E-state index < -0.39 is 5.91 Å². The van der Waals surface area contributed by atoms with Gasteiger partial charge in [0.05, 0.1) is 25.9 Å². The largest absolute Gasteiger partial charge is 0.504 e. The molecule has 0 aliphatic carbocycles. The molecular formula is C19H24N9O4+. The van der Waals surface area contributed by atoms with Crippen LogP contribution in [0.5, 0.6) is 11.5 Å². The monoisotopic (exact) mass is 442 g/mol. The summed E-state index contributed by atoms with van der Waals surface area (Å²) < 4.78 is 11.4. The Balaban J connectivity index is 1.54. The van der Waals surface area contributed by atoms with Crippen molar-refractivity contribution in [2.24, 2.45) is 5.10 Å². The van der Waals surface area contributed by atoms with Crippen LogP contribution in [0.15, 0.2) is 27.9 Å². The molecule has 1 aromatic carbocycles. The maximum atomic E-state index is 12.8. The van der Waals surface area contributed by atoms with Crippen LogP contribution in [0.4, 0.5) is 5.82 Å². The molecule has 2 aromatic heterocycles. The predicted molar refractivity (Wildman–Crippen MR) is 112 cm³/mol. The van der Waals surface area contributed by atoms with Gasteiger partial charge in [-0.3, -0.25) is 4.79 Å². The third kappa shape index (κ3) is 4.51. The zero-order valence-electron chi connectivity index (χ0n) is 17.5. The lowest BCUT2D eigenvalue weighted by Gasteiger charge is -2.12. The molecule has 1 aliphatic heterocycles. The minimum Gasteiger partial charge on any atom is -0.504 e. The van der Waals surface area contributed by atoms with E-state index in [9.17, 15) is 9.90 Å². The van der Waals surface area contributed by atoms with Gasteiger partial charge >= 0.3 is 0 Å². The highest BCUT2D eigenvalue weighted by molar-refractivity contribution is 5.94. The number of nitrogens with zero attached hydrogens (tertiary/aromatic N) is 6. The first kappa shape index (κ1) is 21.2. The van der Waals surface area contributed by atoms with Gasteiger partial charge in [-0.05, 0) is 41.0 Å². The number of amides is 1. The second-order valence-electron chi connectivity index (χ2n) is 7.26. The molecule has 13 heteroatoms. The number of benzene rings is 1. The van der Waals surface area contributed by atoms with Gasteiger partial charge in [-0.25, -0.2) is 10.1 Å². The summed E-state index contributed by atoms with van der Waals surface area (Å²) in [5.41, 5.74) is 9.57. The summed E-state index contributed by atoms with van der Waals surface area (Å²) in [6, 6.07) is 4.76. The molecule has 4 rings (SSSR count). The second-order valence-corrected chi connectivity index (χ2v) is 7.26. The van der Waals surface area contributed by atoms with Gasteiger partial charge in [-0.2, -0.15) is 9.78 Å². The average molecular weight is 442 g/mol. The molecule has 1 amide bonds. The fourth-order valence-electron chi connectivity index (χ4n) is 3.53. The van der Waals surface area contributed by atoms with E-state index in [2.05, 4.69) is 35.8 Å². The highest BCUT2D eigenvalue weighted by atomic mass is 16.6. The standard InChI is InChI=1S/C19H23N9O4/c1-2-31-15-9-12(5-6-14(15)29)10-21-23-19(30)16-13(11-27-7-3-4-8-27)28(26-22-16)18-17(20)24-32-25-18/h5-6,9-10,29H,2-4,7-8,11H2,1H3,(H2,20,24)(H,23,30)/p+1/b21-10+. The number of phenols is 1. The fourth-order valence-corrected chi connectivity index (χ4v) is 3.53. The SMILES string of the molecule is CCOc1cc(/C=N/NC(=O)c2nnn(-c3nonc3N)c2C[NH+]2CCCC2)ccc1O. The smallest absolute Gasteiger partial charge is 0.294 e. The topological polar surface area (TPSA) is 171 Å². The van der Waals surface area contributed by atoms with Gasteiger partial charge in [0.15, 0.2) is 17.2 Å². The van der Waals surface area contributed by atoms with E-state index in [1.54, 1.807) is 12.1 Å². The minimum atomic E-state index is -0.528. The van der Waals surface area contributed by atoms with Crippen molar-refractivity contribution in [1.82, 2.24) is 30.7 Å². The van der Waals surface area contributed by atoms with Crippen molar-refractivity contribution in [3.05, 3.63) is 35.2 Å². The minimum absolute atomic E-state index is 0.0281. The molecule has 0 radical (unpaired) electrons. The Morgan fingerprint density at radius 3 is 2.94 bits per heavy atom. The molecule has 0 unspecified atom stereocenters. The van der Waals surface area contributed by atoms with E-state index in [0.29, 0.717) is 30.2 Å². The number of quaternary nitrogens is 1. The Morgan fingerprint density at radius 1 is 1.41 bits per heavy atom. The lowest BCUT2D eigenvalue weighted by atomic mass is 10.2. The van der Waals surface area contributed by atoms with Crippen molar-refractivity contribution in [2.45, 2.75) is 26.3 Å². The van der Waals surface area contributed by atoms with Gasteiger partial charge < -0.3 is 20.5 Å². The summed E-state index contributed by atoms with van der Waals surface area (Å²) in [4.78, 5) is 14.1. The van der Waals surface area contributed by atoms with E-state index >= 15 is 0 Å². The summed E-state index contributed by atoms with van der Waals surface area (Å²) in [7, 11) is 0. The number of rotatable bonds is 8. The number of hydrazone groups is 1. The summed E-state index contributed by atoms with van der Waals surface area (Å²) >= 11 is 0. The van der Waals surface area contributed by atoms with Crippen molar-refractivity contribution in [3.8, 4) is 17.3 Å². The Kier molecular flexibility index (Phi) is 6.26. The number of aromatic nitrogens is 5. The Bertz CT molecular complexity index is 1120. The molecule has 0 bridgehead atoms. The lowest BCUT2D eigenvalue weighted by molar-refractivity contribution is -0.901. The summed E-state index contributed by atoms with van der Waals surface area (Å²) in [6.07, 6.45) is 3.68. The second kappa shape index (κ2) is 9.43. The lowest BCUT2D eigenvalue weighted by Crippen LogP contribution is -3.08. The predicted octanol–water partition coefficient (Wildman–Crippen LogP) is -0.721. The van der Waals surface area contributed by atoms with Crippen LogP contribution in [0.3, 0.4) is 0 Å². The van der Waals surface area contributed by atoms with Gasteiger partial charge in [0.1, 0.15) is 12.2 Å². The van der Waals surface area contributed by atoms with Crippen LogP contribution in [0.2, 0.25) is 0 Å². The number of nitrogens with one attached hydrogen (secondary N) is 2. The number of phenolic OH excluding ortho intramolecular Hbond substituents is 1. The van der Waals surface area contributed by atoms with Gasteiger partial charge in [0.2, 0.25) is 11.6 Å². The number of likely N-dealkylation sites (tertiary alicyclic amines) is 1. The van der Waals surface area contributed by atoms with Crippen LogP contribution in [-0.2, 0) is 6.54 Å². The third-order valence-corrected chi connectivity index (χ3v) is 5.07. The van der Waals surface area contributed by atoms with E-state index in [-0.39, 0.29) is 23.1 Å². The molecule has 0 atom stereocenters. The Hall–Kier alpha value is -4.00. The zero-order valence-corrected chi connectivity index (χ0v) is 17.5. The first-order chi connectivity index (χ1) is 15.6. The molecule has 13 nitrogen and oxygen atoms in total. The summed E-state index contributed by atoms with van der Waals surface area (Å²) in [5.74, 6) is 0.0665. The van der Waals surface area contributed by atoms with Crippen molar-refractivity contribution >= 4 is 17.9 Å². The van der Waals surface area contributed by atoms with Crippen molar-refractivity contribution in [3.63, 3.8) is 0 Å². The number of ether oxygens (including phenoxy) is 1. The van der Waals surface area contributed by atoms with Crippen molar-refractivity contribution in [2.75, 3.05) is 25.4 Å². The number of anilines is 1. The van der Waals surface area contributed by atoms with Gasteiger partial charge in [-0.15, -0.1) is 5.10 Å². The van der Waals surface area contributed by atoms with Crippen molar-refractivity contribution in [1.29, 1.82) is 0 Å². The van der Waals surface area contributed by atoms with Gasteiger partial charge in [0.25, 0.3) is 5.91 Å². The molecule has 0 spiro atoms. The van der Waals surface area contributed by atoms with Crippen LogP contribution in [0.25, 0.3) is 5.82 Å². The van der Waals surface area contributed by atoms with E-state index in [1.165, 1.54) is 21.9 Å². The summed E-state index contributed by atoms with van der Waals surface area (Å²) in [5, 5.41) is 29.2. The molecule has 1 aliphatic rings. The number of carbonyl (C=O) groups excluding carboxylic acids is 1. The number of hydrogen-bond acceptors (Lipinski definition) is 10. The number of carbonyl (C=O) groups is 1. The first-order valence-corrected chi connectivity index (χ1v) is 10.2. The average Bonchev–Trinajstić information content (AvgIpc) is 3.52. The Morgan fingerprint density at radius 2 is 2.22 bits per heavy atom. The maximum absolute atomic E-state index is 12.8.